The summed E-state index contributed by atoms with van der Waals surface area (Å²) in [7, 11) is 1.95. The van der Waals surface area contributed by atoms with Crippen LogP contribution in [0.3, 0.4) is 0 Å². The summed E-state index contributed by atoms with van der Waals surface area (Å²) in [6.07, 6.45) is 11.0. The van der Waals surface area contributed by atoms with Crippen LogP contribution in [-0.4, -0.2) is 25.1 Å². The molecular formula is C15H23N3. The van der Waals surface area contributed by atoms with Gasteiger partial charge in [-0.15, -0.1) is 0 Å². The lowest BCUT2D eigenvalue weighted by Crippen LogP contribution is -2.41. The molecular weight excluding hydrogens is 222 g/mol. The van der Waals surface area contributed by atoms with Crippen LogP contribution < -0.4 is 10.2 Å². The molecule has 1 aliphatic heterocycles. The zero-order valence-corrected chi connectivity index (χ0v) is 11.2. The number of hydrogen-bond donors (Lipinski definition) is 1. The molecule has 2 fully saturated rings. The number of piperidine rings is 1. The monoisotopic (exact) mass is 245 g/mol. The van der Waals surface area contributed by atoms with E-state index in [1.54, 1.807) is 0 Å². The van der Waals surface area contributed by atoms with Gasteiger partial charge in [0.05, 0.1) is 23.8 Å². The smallest absolute Gasteiger partial charge is 0.0573 e. The topological polar surface area (TPSA) is 28.2 Å². The van der Waals surface area contributed by atoms with Crippen LogP contribution in [0.1, 0.15) is 32.1 Å². The molecule has 0 spiro atoms. The van der Waals surface area contributed by atoms with E-state index in [2.05, 4.69) is 21.3 Å². The number of rotatable bonds is 2. The van der Waals surface area contributed by atoms with Gasteiger partial charge in [0.1, 0.15) is 0 Å². The van der Waals surface area contributed by atoms with E-state index < -0.39 is 0 Å². The first kappa shape index (κ1) is 11.8. The highest BCUT2D eigenvalue weighted by Gasteiger charge is 2.31. The number of pyridine rings is 1. The van der Waals surface area contributed by atoms with E-state index in [0.29, 0.717) is 0 Å². The summed E-state index contributed by atoms with van der Waals surface area (Å²) < 4.78 is 0. The van der Waals surface area contributed by atoms with E-state index in [-0.39, 0.29) is 0 Å². The number of nitrogens with zero attached hydrogens (tertiary/aromatic N) is 2. The van der Waals surface area contributed by atoms with Gasteiger partial charge in [0.25, 0.3) is 0 Å². The van der Waals surface area contributed by atoms with Crippen LogP contribution in [0.15, 0.2) is 18.5 Å². The molecule has 18 heavy (non-hydrogen) atoms. The second kappa shape index (κ2) is 5.17. The van der Waals surface area contributed by atoms with Crippen LogP contribution in [-0.2, 0) is 0 Å². The summed E-state index contributed by atoms with van der Waals surface area (Å²) >= 11 is 0. The van der Waals surface area contributed by atoms with Crippen molar-refractivity contribution in [3.63, 3.8) is 0 Å². The van der Waals surface area contributed by atoms with Crippen LogP contribution in [0.2, 0.25) is 0 Å². The summed E-state index contributed by atoms with van der Waals surface area (Å²) in [5.41, 5.74) is 2.39. The Morgan fingerprint density at radius 3 is 2.83 bits per heavy atom. The van der Waals surface area contributed by atoms with Crippen LogP contribution in [0.4, 0.5) is 11.4 Å². The second-order valence-corrected chi connectivity index (χ2v) is 5.72. The highest BCUT2D eigenvalue weighted by molar-refractivity contribution is 5.55. The summed E-state index contributed by atoms with van der Waals surface area (Å²) in [5, 5.41) is 3.17. The minimum Gasteiger partial charge on any atom is -0.387 e. The maximum Gasteiger partial charge on any atom is 0.0573 e. The standard InChI is InChI=1S/C15H23N3/c1-16-14-8-15(10-17-9-14)18-7-6-12-4-2-3-5-13(12)11-18/h8-10,12-13,16H,2-7,11H2,1H3. The average molecular weight is 245 g/mol. The zero-order valence-electron chi connectivity index (χ0n) is 11.2. The molecule has 1 saturated carbocycles. The van der Waals surface area contributed by atoms with E-state index in [1.807, 2.05) is 19.4 Å². The maximum atomic E-state index is 4.33. The van der Waals surface area contributed by atoms with Crippen molar-refractivity contribution in [3.8, 4) is 0 Å². The SMILES string of the molecule is CNc1cncc(N2CCC3CCCCC3C2)c1. The van der Waals surface area contributed by atoms with Crippen LogP contribution in [0.5, 0.6) is 0 Å². The van der Waals surface area contributed by atoms with Gasteiger partial charge in [-0.25, -0.2) is 0 Å². The first-order valence-electron chi connectivity index (χ1n) is 7.24. The molecule has 1 aromatic heterocycles. The Morgan fingerprint density at radius 1 is 1.17 bits per heavy atom. The largest absolute Gasteiger partial charge is 0.387 e. The van der Waals surface area contributed by atoms with Gasteiger partial charge in [-0.05, 0) is 30.7 Å². The van der Waals surface area contributed by atoms with E-state index in [9.17, 15) is 0 Å². The number of anilines is 2. The van der Waals surface area contributed by atoms with Crippen molar-refractivity contribution < 1.29 is 0 Å². The van der Waals surface area contributed by atoms with Gasteiger partial charge in [0.15, 0.2) is 0 Å². The molecule has 98 valence electrons. The molecule has 3 nitrogen and oxygen atoms in total. The summed E-state index contributed by atoms with van der Waals surface area (Å²) in [6, 6.07) is 2.22. The van der Waals surface area contributed by atoms with Gasteiger partial charge < -0.3 is 10.2 Å². The molecule has 1 aromatic rings. The molecule has 0 bridgehead atoms. The van der Waals surface area contributed by atoms with Gasteiger partial charge in [-0.3, -0.25) is 4.98 Å². The number of fused-ring (bicyclic) bond motifs is 1. The predicted octanol–water partition coefficient (Wildman–Crippen LogP) is 3.14. The normalized spacial score (nSPS) is 27.7. The third-order valence-electron chi connectivity index (χ3n) is 4.67. The summed E-state index contributed by atoms with van der Waals surface area (Å²) in [5.74, 6) is 1.92. The van der Waals surface area contributed by atoms with E-state index in [4.69, 9.17) is 0 Å². The first-order valence-corrected chi connectivity index (χ1v) is 7.24. The minimum atomic E-state index is 0.922. The zero-order chi connectivity index (χ0) is 12.4. The molecule has 1 saturated heterocycles. The second-order valence-electron chi connectivity index (χ2n) is 5.72. The Morgan fingerprint density at radius 2 is 2.00 bits per heavy atom. The van der Waals surface area contributed by atoms with E-state index >= 15 is 0 Å². The number of aromatic nitrogens is 1. The van der Waals surface area contributed by atoms with Gasteiger partial charge in [0, 0.05) is 20.1 Å². The lowest BCUT2D eigenvalue weighted by atomic mass is 9.75. The molecule has 2 atom stereocenters. The lowest BCUT2D eigenvalue weighted by molar-refractivity contribution is 0.202. The van der Waals surface area contributed by atoms with E-state index in [0.717, 1.165) is 17.5 Å². The summed E-state index contributed by atoms with van der Waals surface area (Å²) in [4.78, 5) is 6.86. The quantitative estimate of drug-likeness (QED) is 0.867. The van der Waals surface area contributed by atoms with Crippen molar-refractivity contribution in [2.75, 3.05) is 30.4 Å². The molecule has 0 amide bonds. The molecule has 0 radical (unpaired) electrons. The van der Waals surface area contributed by atoms with Gasteiger partial charge in [-0.2, -0.15) is 0 Å². The van der Waals surface area contributed by atoms with Crippen molar-refractivity contribution in [1.82, 2.24) is 4.98 Å². The van der Waals surface area contributed by atoms with Gasteiger partial charge >= 0.3 is 0 Å². The van der Waals surface area contributed by atoms with E-state index in [1.165, 1.54) is 50.9 Å². The van der Waals surface area contributed by atoms with Gasteiger partial charge in [0.2, 0.25) is 0 Å². The Bertz CT molecular complexity index is 404. The molecule has 2 unspecified atom stereocenters. The average Bonchev–Trinajstić information content (AvgIpc) is 2.47. The predicted molar refractivity (Wildman–Crippen MR) is 76.1 cm³/mol. The van der Waals surface area contributed by atoms with Crippen molar-refractivity contribution in [2.24, 2.45) is 11.8 Å². The third-order valence-corrected chi connectivity index (χ3v) is 4.67. The third kappa shape index (κ3) is 2.31. The fraction of sp³-hybridized carbons (Fsp3) is 0.667. The fourth-order valence-electron chi connectivity index (χ4n) is 3.57. The Hall–Kier alpha value is -1.25. The molecule has 3 heteroatoms. The highest BCUT2D eigenvalue weighted by Crippen LogP contribution is 2.37. The van der Waals surface area contributed by atoms with Crippen molar-refractivity contribution >= 4 is 11.4 Å². The fourth-order valence-corrected chi connectivity index (χ4v) is 3.57. The van der Waals surface area contributed by atoms with Crippen molar-refractivity contribution in [1.29, 1.82) is 0 Å². The number of nitrogens with one attached hydrogen (secondary N) is 1. The molecule has 1 N–H and O–H groups in total. The number of hydrogen-bond acceptors (Lipinski definition) is 3. The van der Waals surface area contributed by atoms with Gasteiger partial charge in [-0.1, -0.05) is 19.3 Å². The molecule has 2 aliphatic rings. The molecule has 0 aromatic carbocycles. The van der Waals surface area contributed by atoms with Crippen LogP contribution in [0.25, 0.3) is 0 Å². The van der Waals surface area contributed by atoms with Crippen LogP contribution >= 0.6 is 0 Å². The first-order chi connectivity index (χ1) is 8.86. The Balaban J connectivity index is 1.72. The lowest BCUT2D eigenvalue weighted by Gasteiger charge is -2.42. The minimum absolute atomic E-state index is 0.922. The van der Waals surface area contributed by atoms with Crippen molar-refractivity contribution in [2.45, 2.75) is 32.1 Å². The maximum absolute atomic E-state index is 4.33. The van der Waals surface area contributed by atoms with Crippen LogP contribution in [0, 0.1) is 11.8 Å². The molecule has 1 aliphatic carbocycles. The highest BCUT2D eigenvalue weighted by atomic mass is 15.1. The van der Waals surface area contributed by atoms with Crippen molar-refractivity contribution in [3.05, 3.63) is 18.5 Å². The summed E-state index contributed by atoms with van der Waals surface area (Å²) in [6.45, 7) is 2.44. The Kier molecular flexibility index (Phi) is 3.39. The molecule has 2 heterocycles. The molecule has 3 rings (SSSR count). The Labute approximate surface area is 110 Å².